The highest BCUT2D eigenvalue weighted by Crippen LogP contribution is 2.28. The van der Waals surface area contributed by atoms with Gasteiger partial charge in [0.15, 0.2) is 6.61 Å². The fourth-order valence-corrected chi connectivity index (χ4v) is 3.43. The van der Waals surface area contributed by atoms with Crippen LogP contribution in [0.2, 0.25) is 5.02 Å². The molecule has 0 atom stereocenters. The normalized spacial score (nSPS) is 14.8. The molecule has 7 nitrogen and oxygen atoms in total. The predicted octanol–water partition coefficient (Wildman–Crippen LogP) is 2.51. The van der Waals surface area contributed by atoms with Crippen LogP contribution < -0.4 is 10.6 Å². The summed E-state index contributed by atoms with van der Waals surface area (Å²) in [5, 5.41) is 15.1. The van der Waals surface area contributed by atoms with Crippen molar-refractivity contribution in [3.8, 4) is 6.07 Å². The minimum atomic E-state index is -0.835. The Labute approximate surface area is 166 Å². The number of ether oxygens (including phenoxy) is 1. The molecule has 0 aliphatic heterocycles. The number of esters is 1. The van der Waals surface area contributed by atoms with Gasteiger partial charge in [-0.05, 0) is 49.9 Å². The lowest BCUT2D eigenvalue weighted by Gasteiger charge is -2.21. The van der Waals surface area contributed by atoms with E-state index in [1.807, 2.05) is 0 Å². The third kappa shape index (κ3) is 7.12. The van der Waals surface area contributed by atoms with Crippen LogP contribution in [0.4, 0.5) is 5.69 Å². The predicted molar refractivity (Wildman–Crippen MR) is 103 cm³/mol. The van der Waals surface area contributed by atoms with Gasteiger partial charge < -0.3 is 15.4 Å². The molecule has 1 aromatic rings. The highest BCUT2D eigenvalue weighted by Gasteiger charge is 2.35. The molecule has 1 aromatic carbocycles. The number of halogens is 1. The first-order chi connectivity index (χ1) is 12.9. The van der Waals surface area contributed by atoms with Gasteiger partial charge in [0, 0.05) is 10.7 Å². The molecule has 27 heavy (non-hydrogen) atoms. The van der Waals surface area contributed by atoms with Crippen LogP contribution in [0.1, 0.15) is 25.7 Å². The van der Waals surface area contributed by atoms with Gasteiger partial charge in [0.1, 0.15) is 5.54 Å². The molecule has 0 unspecified atom stereocenters. The molecular formula is C18H20ClN3O4S. The van der Waals surface area contributed by atoms with Crippen molar-refractivity contribution in [2.75, 3.05) is 23.4 Å². The minimum absolute atomic E-state index is 0.0509. The third-order valence-corrected chi connectivity index (χ3v) is 5.15. The second kappa shape index (κ2) is 10.2. The van der Waals surface area contributed by atoms with Gasteiger partial charge in [-0.2, -0.15) is 5.26 Å². The number of hydrogen-bond donors (Lipinski definition) is 2. The molecule has 2 amide bonds. The van der Waals surface area contributed by atoms with Crippen LogP contribution in [-0.2, 0) is 19.1 Å². The van der Waals surface area contributed by atoms with Crippen LogP contribution in [0, 0.1) is 11.3 Å². The Morgan fingerprint density at radius 1 is 1.15 bits per heavy atom. The van der Waals surface area contributed by atoms with Gasteiger partial charge in [-0.3, -0.25) is 14.4 Å². The van der Waals surface area contributed by atoms with Crippen molar-refractivity contribution in [2.45, 2.75) is 31.2 Å². The molecule has 0 bridgehead atoms. The summed E-state index contributed by atoms with van der Waals surface area (Å²) < 4.78 is 4.89. The lowest BCUT2D eigenvalue weighted by Crippen LogP contribution is -2.46. The first kappa shape index (κ1) is 21.1. The maximum Gasteiger partial charge on any atom is 0.316 e. The van der Waals surface area contributed by atoms with Gasteiger partial charge in [-0.1, -0.05) is 11.6 Å². The topological polar surface area (TPSA) is 108 Å². The van der Waals surface area contributed by atoms with Crippen molar-refractivity contribution in [3.05, 3.63) is 29.3 Å². The van der Waals surface area contributed by atoms with Crippen molar-refractivity contribution >= 4 is 46.8 Å². The van der Waals surface area contributed by atoms with Crippen LogP contribution in [0.15, 0.2) is 24.3 Å². The van der Waals surface area contributed by atoms with E-state index in [0.717, 1.165) is 24.6 Å². The summed E-state index contributed by atoms with van der Waals surface area (Å²) in [6.07, 6.45) is 3.01. The van der Waals surface area contributed by atoms with E-state index in [4.69, 9.17) is 16.3 Å². The second-order valence-corrected chi connectivity index (χ2v) is 7.58. The number of nitrogens with zero attached hydrogens (tertiary/aromatic N) is 1. The van der Waals surface area contributed by atoms with Gasteiger partial charge >= 0.3 is 5.97 Å². The van der Waals surface area contributed by atoms with Crippen molar-refractivity contribution in [2.24, 2.45) is 0 Å². The Bertz CT molecular complexity index is 727. The Morgan fingerprint density at radius 3 is 2.44 bits per heavy atom. The lowest BCUT2D eigenvalue weighted by molar-refractivity contribution is -0.146. The van der Waals surface area contributed by atoms with Crippen LogP contribution in [0.5, 0.6) is 0 Å². The summed E-state index contributed by atoms with van der Waals surface area (Å²) in [4.78, 5) is 35.3. The highest BCUT2D eigenvalue weighted by molar-refractivity contribution is 8.00. The number of anilines is 1. The summed E-state index contributed by atoms with van der Waals surface area (Å²) in [6, 6.07) is 8.81. The second-order valence-electron chi connectivity index (χ2n) is 6.16. The molecule has 1 saturated carbocycles. The molecule has 2 N–H and O–H groups in total. The Morgan fingerprint density at radius 2 is 1.81 bits per heavy atom. The molecule has 1 aliphatic carbocycles. The van der Waals surface area contributed by atoms with Crippen LogP contribution in [0.25, 0.3) is 0 Å². The van der Waals surface area contributed by atoms with Gasteiger partial charge in [-0.25, -0.2) is 0 Å². The zero-order valence-corrected chi connectivity index (χ0v) is 16.2. The largest absolute Gasteiger partial charge is 0.455 e. The zero-order valence-electron chi connectivity index (χ0n) is 14.6. The average molecular weight is 410 g/mol. The molecule has 0 aromatic heterocycles. The molecule has 1 fully saturated rings. The number of rotatable bonds is 8. The Balaban J connectivity index is 1.61. The molecule has 0 heterocycles. The first-order valence-electron chi connectivity index (χ1n) is 8.43. The number of hydrogen-bond acceptors (Lipinski definition) is 6. The minimum Gasteiger partial charge on any atom is -0.455 e. The van der Waals surface area contributed by atoms with Crippen molar-refractivity contribution in [1.29, 1.82) is 5.26 Å². The summed E-state index contributed by atoms with van der Waals surface area (Å²) in [5.41, 5.74) is -0.222. The van der Waals surface area contributed by atoms with Crippen molar-refractivity contribution in [3.63, 3.8) is 0 Å². The fourth-order valence-electron chi connectivity index (χ4n) is 2.69. The van der Waals surface area contributed by atoms with Crippen LogP contribution >= 0.6 is 23.4 Å². The summed E-state index contributed by atoms with van der Waals surface area (Å²) in [6.45, 7) is -0.431. The van der Waals surface area contributed by atoms with Gasteiger partial charge in [0.25, 0.3) is 5.91 Å². The zero-order chi connectivity index (χ0) is 19.7. The summed E-state index contributed by atoms with van der Waals surface area (Å²) >= 11 is 6.85. The van der Waals surface area contributed by atoms with E-state index < -0.39 is 24.0 Å². The SMILES string of the molecule is N#CC1(NC(=O)COC(=O)CSCC(=O)Nc2ccc(Cl)cc2)CCCC1. The summed E-state index contributed by atoms with van der Waals surface area (Å²) in [7, 11) is 0. The quantitative estimate of drug-likeness (QED) is 0.638. The molecule has 2 rings (SSSR count). The monoisotopic (exact) mass is 409 g/mol. The fraction of sp³-hybridized carbons (Fsp3) is 0.444. The number of carbonyl (C=O) groups excluding carboxylic acids is 3. The maximum absolute atomic E-state index is 11.9. The highest BCUT2D eigenvalue weighted by atomic mass is 35.5. The lowest BCUT2D eigenvalue weighted by atomic mass is 10.00. The van der Waals surface area contributed by atoms with E-state index in [0.29, 0.717) is 23.6 Å². The first-order valence-corrected chi connectivity index (χ1v) is 9.97. The van der Waals surface area contributed by atoms with E-state index in [1.54, 1.807) is 24.3 Å². The van der Waals surface area contributed by atoms with E-state index in [2.05, 4.69) is 16.7 Å². The Hall–Kier alpha value is -2.24. The van der Waals surface area contributed by atoms with E-state index >= 15 is 0 Å². The summed E-state index contributed by atoms with van der Waals surface area (Å²) in [5.74, 6) is -1.32. The number of benzene rings is 1. The number of thioether (sulfide) groups is 1. The molecule has 0 spiro atoms. The average Bonchev–Trinajstić information content (AvgIpc) is 3.11. The molecule has 144 valence electrons. The van der Waals surface area contributed by atoms with E-state index in [9.17, 15) is 19.6 Å². The standard InChI is InChI=1S/C18H20ClN3O4S/c19-13-3-5-14(6-4-13)21-16(24)10-27-11-17(25)26-9-15(23)22-18(12-20)7-1-2-8-18/h3-6H,1-2,7-11H2,(H,21,24)(H,22,23). The third-order valence-electron chi connectivity index (χ3n) is 4.00. The Kier molecular flexibility index (Phi) is 7.95. The van der Waals surface area contributed by atoms with Crippen molar-refractivity contribution < 1.29 is 19.1 Å². The van der Waals surface area contributed by atoms with E-state index in [-0.39, 0.29) is 17.4 Å². The van der Waals surface area contributed by atoms with E-state index in [1.165, 1.54) is 0 Å². The molecule has 0 radical (unpaired) electrons. The number of amides is 2. The van der Waals surface area contributed by atoms with Gasteiger partial charge in [0.2, 0.25) is 5.91 Å². The smallest absolute Gasteiger partial charge is 0.316 e. The number of nitrogens with one attached hydrogen (secondary N) is 2. The number of nitriles is 1. The van der Waals surface area contributed by atoms with Gasteiger partial charge in [-0.15, -0.1) is 11.8 Å². The number of carbonyl (C=O) groups is 3. The van der Waals surface area contributed by atoms with Gasteiger partial charge in [0.05, 0.1) is 17.6 Å². The molecule has 1 aliphatic rings. The van der Waals surface area contributed by atoms with Crippen LogP contribution in [0.3, 0.4) is 0 Å². The van der Waals surface area contributed by atoms with Crippen molar-refractivity contribution in [1.82, 2.24) is 5.32 Å². The molecular weight excluding hydrogens is 390 g/mol. The van der Waals surface area contributed by atoms with Crippen LogP contribution in [-0.4, -0.2) is 41.4 Å². The molecule has 0 saturated heterocycles. The molecule has 9 heteroatoms. The maximum atomic E-state index is 11.9.